The molecule has 0 radical (unpaired) electrons. The van der Waals surface area contributed by atoms with E-state index in [9.17, 15) is 9.18 Å². The fraction of sp³-hybridized carbons (Fsp3) is 0.409. The molecule has 5 heteroatoms. The Labute approximate surface area is 161 Å². The van der Waals surface area contributed by atoms with Crippen LogP contribution in [0.15, 0.2) is 60.7 Å². The molecule has 1 saturated heterocycles. The van der Waals surface area contributed by atoms with E-state index in [1.54, 1.807) is 29.2 Å². The number of amides is 1. The highest BCUT2D eigenvalue weighted by molar-refractivity contribution is 5.55. The Morgan fingerprint density at radius 1 is 1.22 bits per heavy atom. The van der Waals surface area contributed by atoms with Crippen LogP contribution in [0.5, 0.6) is 0 Å². The molecule has 3 rings (SSSR count). The first-order chi connectivity index (χ1) is 13.0. The zero-order chi connectivity index (χ0) is 19.8. The van der Waals surface area contributed by atoms with Gasteiger partial charge in [0.25, 0.3) is 0 Å². The van der Waals surface area contributed by atoms with Gasteiger partial charge in [-0.25, -0.2) is 4.39 Å². The predicted molar refractivity (Wildman–Crippen MR) is 107 cm³/mol. The van der Waals surface area contributed by atoms with Gasteiger partial charge in [-0.1, -0.05) is 37.4 Å². The van der Waals surface area contributed by atoms with Crippen LogP contribution >= 0.6 is 0 Å². The average molecular weight is 372 g/mol. The molecule has 1 amide bonds. The maximum absolute atomic E-state index is 13.0. The minimum absolute atomic E-state index is 0.211. The molecule has 4 nitrogen and oxygen atoms in total. The third-order valence-electron chi connectivity index (χ3n) is 4.96. The SMILES string of the molecule is C=CC1=C(C=C)[C@H](c2ccc(F)cc2)N(C=O)CC1.C[C@H]1CCC(N)CO1. The monoisotopic (exact) mass is 372 g/mol. The number of hydrogen-bond acceptors (Lipinski definition) is 3. The standard InChI is InChI=1S/C16H16FNO.C6H13NO/c1-3-12-9-10-18(11-19)16(15(12)4-2)13-5-7-14(17)8-6-13;1-5-2-3-6(7)4-8-5/h3-8,11,16H,1-2,9-10H2;5-6H,2-4,7H2,1H3/t16-;5-,6?/m00/s1. The van der Waals surface area contributed by atoms with Crippen molar-refractivity contribution in [2.75, 3.05) is 13.2 Å². The minimum Gasteiger partial charge on any atom is -0.377 e. The number of ether oxygens (including phenoxy) is 1. The number of benzene rings is 1. The minimum atomic E-state index is -0.287. The van der Waals surface area contributed by atoms with Crippen molar-refractivity contribution in [1.29, 1.82) is 0 Å². The van der Waals surface area contributed by atoms with Crippen LogP contribution in [0.4, 0.5) is 4.39 Å². The van der Waals surface area contributed by atoms with Crippen molar-refractivity contribution in [1.82, 2.24) is 4.90 Å². The fourth-order valence-corrected chi connectivity index (χ4v) is 3.37. The van der Waals surface area contributed by atoms with Gasteiger partial charge in [0.1, 0.15) is 5.82 Å². The van der Waals surface area contributed by atoms with E-state index in [0.29, 0.717) is 18.7 Å². The third-order valence-corrected chi connectivity index (χ3v) is 4.96. The van der Waals surface area contributed by atoms with Gasteiger partial charge in [0.05, 0.1) is 18.8 Å². The highest BCUT2D eigenvalue weighted by atomic mass is 19.1. The zero-order valence-electron chi connectivity index (χ0n) is 15.9. The molecule has 1 aromatic rings. The van der Waals surface area contributed by atoms with Gasteiger partial charge in [-0.3, -0.25) is 4.79 Å². The molecule has 0 spiro atoms. The molecule has 2 aliphatic rings. The molecule has 1 fully saturated rings. The smallest absolute Gasteiger partial charge is 0.210 e. The summed E-state index contributed by atoms with van der Waals surface area (Å²) in [6, 6.07) is 6.30. The van der Waals surface area contributed by atoms with Crippen LogP contribution in [0.2, 0.25) is 0 Å². The van der Waals surface area contributed by atoms with Crippen LogP contribution in [0.25, 0.3) is 0 Å². The van der Waals surface area contributed by atoms with E-state index in [4.69, 9.17) is 10.5 Å². The number of allylic oxidation sites excluding steroid dienone is 1. The Hall–Kier alpha value is -2.24. The van der Waals surface area contributed by atoms with Crippen molar-refractivity contribution in [2.24, 2.45) is 5.73 Å². The van der Waals surface area contributed by atoms with E-state index < -0.39 is 0 Å². The maximum Gasteiger partial charge on any atom is 0.210 e. The van der Waals surface area contributed by atoms with E-state index in [0.717, 1.165) is 49.0 Å². The molecule has 146 valence electrons. The Kier molecular flexibility index (Phi) is 7.95. The molecule has 0 saturated carbocycles. The lowest BCUT2D eigenvalue weighted by Crippen LogP contribution is -2.34. The predicted octanol–water partition coefficient (Wildman–Crippen LogP) is 3.91. The molecule has 0 bridgehead atoms. The Morgan fingerprint density at radius 3 is 2.41 bits per heavy atom. The van der Waals surface area contributed by atoms with Crippen LogP contribution < -0.4 is 5.73 Å². The zero-order valence-corrected chi connectivity index (χ0v) is 15.9. The molecular formula is C22H29FN2O2. The molecule has 2 heterocycles. The summed E-state index contributed by atoms with van der Waals surface area (Å²) >= 11 is 0. The van der Waals surface area contributed by atoms with Gasteiger partial charge >= 0.3 is 0 Å². The largest absolute Gasteiger partial charge is 0.377 e. The lowest BCUT2D eigenvalue weighted by atomic mass is 9.88. The number of halogens is 1. The van der Waals surface area contributed by atoms with E-state index in [1.165, 1.54) is 12.1 Å². The average Bonchev–Trinajstić information content (AvgIpc) is 2.70. The maximum atomic E-state index is 13.0. The first kappa shape index (κ1) is 21.1. The molecule has 1 unspecified atom stereocenters. The van der Waals surface area contributed by atoms with Gasteiger partial charge in [-0.2, -0.15) is 0 Å². The Bertz CT molecular complexity index is 666. The van der Waals surface area contributed by atoms with E-state index in [-0.39, 0.29) is 11.9 Å². The normalized spacial score (nSPS) is 25.3. The molecule has 2 N–H and O–H groups in total. The summed E-state index contributed by atoms with van der Waals surface area (Å²) in [6.07, 6.45) is 7.84. The number of nitrogens with zero attached hydrogens (tertiary/aromatic N) is 1. The summed E-state index contributed by atoms with van der Waals surface area (Å²) < 4.78 is 18.3. The fourth-order valence-electron chi connectivity index (χ4n) is 3.37. The number of hydrogen-bond donors (Lipinski definition) is 1. The second-order valence-corrected chi connectivity index (χ2v) is 6.92. The summed E-state index contributed by atoms with van der Waals surface area (Å²) in [6.45, 7) is 11.1. The summed E-state index contributed by atoms with van der Waals surface area (Å²) in [5, 5.41) is 0. The van der Waals surface area contributed by atoms with E-state index in [2.05, 4.69) is 20.1 Å². The van der Waals surface area contributed by atoms with Crippen LogP contribution in [-0.4, -0.2) is 36.6 Å². The molecule has 0 aromatic heterocycles. The Morgan fingerprint density at radius 2 is 1.93 bits per heavy atom. The second-order valence-electron chi connectivity index (χ2n) is 6.92. The lowest BCUT2D eigenvalue weighted by Gasteiger charge is -2.35. The molecule has 1 aromatic carbocycles. The lowest BCUT2D eigenvalue weighted by molar-refractivity contribution is -0.119. The van der Waals surface area contributed by atoms with E-state index >= 15 is 0 Å². The quantitative estimate of drug-likeness (QED) is 0.816. The summed E-state index contributed by atoms with van der Waals surface area (Å²) in [5.41, 5.74) is 8.49. The van der Waals surface area contributed by atoms with E-state index in [1.807, 2.05) is 0 Å². The van der Waals surface area contributed by atoms with Crippen molar-refractivity contribution in [3.8, 4) is 0 Å². The van der Waals surface area contributed by atoms with Crippen molar-refractivity contribution >= 4 is 6.41 Å². The van der Waals surface area contributed by atoms with Gasteiger partial charge in [-0.05, 0) is 55.0 Å². The van der Waals surface area contributed by atoms with Gasteiger partial charge in [0.2, 0.25) is 6.41 Å². The molecule has 27 heavy (non-hydrogen) atoms. The first-order valence-corrected chi connectivity index (χ1v) is 9.31. The topological polar surface area (TPSA) is 55.6 Å². The molecule has 0 aliphatic carbocycles. The van der Waals surface area contributed by atoms with Gasteiger partial charge in [-0.15, -0.1) is 0 Å². The van der Waals surface area contributed by atoms with Gasteiger partial charge < -0.3 is 15.4 Å². The highest BCUT2D eigenvalue weighted by Gasteiger charge is 2.27. The second kappa shape index (κ2) is 10.2. The Balaban J connectivity index is 0.000000273. The van der Waals surface area contributed by atoms with Crippen molar-refractivity contribution in [3.63, 3.8) is 0 Å². The van der Waals surface area contributed by atoms with Gasteiger partial charge in [0, 0.05) is 12.6 Å². The summed E-state index contributed by atoms with van der Waals surface area (Å²) in [7, 11) is 0. The molecular weight excluding hydrogens is 343 g/mol. The van der Waals surface area contributed by atoms with Crippen molar-refractivity contribution in [2.45, 2.75) is 44.4 Å². The van der Waals surface area contributed by atoms with Crippen LogP contribution in [0, 0.1) is 5.82 Å². The number of rotatable bonds is 4. The molecule has 3 atom stereocenters. The molecule has 2 aliphatic heterocycles. The number of carbonyl (C=O) groups excluding carboxylic acids is 1. The number of carbonyl (C=O) groups is 1. The third kappa shape index (κ3) is 5.62. The van der Waals surface area contributed by atoms with Crippen molar-refractivity contribution in [3.05, 3.63) is 72.1 Å². The number of nitrogens with two attached hydrogens (primary N) is 1. The summed E-state index contributed by atoms with van der Waals surface area (Å²) in [5.74, 6) is -0.287. The van der Waals surface area contributed by atoms with Crippen LogP contribution in [0.3, 0.4) is 0 Å². The van der Waals surface area contributed by atoms with Crippen LogP contribution in [-0.2, 0) is 9.53 Å². The highest BCUT2D eigenvalue weighted by Crippen LogP contribution is 2.35. The van der Waals surface area contributed by atoms with Crippen molar-refractivity contribution < 1.29 is 13.9 Å². The summed E-state index contributed by atoms with van der Waals surface area (Å²) in [4.78, 5) is 12.9. The van der Waals surface area contributed by atoms with Gasteiger partial charge in [0.15, 0.2) is 0 Å². The first-order valence-electron chi connectivity index (χ1n) is 9.31. The van der Waals surface area contributed by atoms with Crippen LogP contribution in [0.1, 0.15) is 37.8 Å².